The maximum absolute atomic E-state index is 7.46. The van der Waals surface area contributed by atoms with E-state index in [0.717, 1.165) is 62.0 Å². The molecule has 0 unspecified atom stereocenters. The van der Waals surface area contributed by atoms with E-state index in [1.54, 1.807) is 0 Å². The Labute approximate surface area is 533 Å². The number of benzene rings is 12. The number of rotatable bonds is 4. The fourth-order valence-electron chi connectivity index (χ4n) is 16.3. The highest BCUT2D eigenvalue weighted by Crippen LogP contribution is 2.63. The average Bonchev–Trinajstić information content (AvgIpc) is 1.63. The van der Waals surface area contributed by atoms with Gasteiger partial charge in [0.25, 0.3) is 6.71 Å². The van der Waals surface area contributed by atoms with Crippen LogP contribution in [0.2, 0.25) is 0 Å². The molecule has 0 fully saturated rings. The average molecular weight is 1170 g/mol. The van der Waals surface area contributed by atoms with Gasteiger partial charge in [0.1, 0.15) is 11.5 Å². The summed E-state index contributed by atoms with van der Waals surface area (Å²) in [6, 6.07) is 96.6. The summed E-state index contributed by atoms with van der Waals surface area (Å²) < 4.78 is 12.5. The molecule has 1 spiro atoms. The first-order chi connectivity index (χ1) is 44.1. The van der Waals surface area contributed by atoms with Crippen molar-refractivity contribution in [3.05, 3.63) is 294 Å². The van der Waals surface area contributed by atoms with Crippen LogP contribution in [-0.2, 0) is 21.7 Å². The van der Waals surface area contributed by atoms with Gasteiger partial charge in [0.2, 0.25) is 0 Å². The first kappa shape index (κ1) is 53.7. The van der Waals surface area contributed by atoms with Crippen LogP contribution < -0.4 is 30.9 Å². The van der Waals surface area contributed by atoms with Gasteiger partial charge in [-0.05, 0) is 162 Å². The summed E-state index contributed by atoms with van der Waals surface area (Å²) in [7, 11) is 0. The first-order valence-electron chi connectivity index (χ1n) is 32.4. The van der Waals surface area contributed by atoms with Gasteiger partial charge in [-0.15, -0.1) is 0 Å². The summed E-state index contributed by atoms with van der Waals surface area (Å²) in [6.07, 6.45) is 0. The van der Waals surface area contributed by atoms with Gasteiger partial charge < -0.3 is 23.7 Å². The molecule has 14 aromatic rings. The van der Waals surface area contributed by atoms with Crippen molar-refractivity contribution in [1.29, 1.82) is 0 Å². The van der Waals surface area contributed by atoms with E-state index in [1.165, 1.54) is 105 Å². The molecule has 0 saturated heterocycles. The number of nitrogens with zero attached hydrogens (tertiary/aromatic N) is 4. The molecule has 0 amide bonds. The predicted molar refractivity (Wildman–Crippen MR) is 383 cm³/mol. The van der Waals surface area contributed by atoms with Crippen LogP contribution in [0.5, 0.6) is 11.5 Å². The molecule has 0 atom stereocenters. The summed E-state index contributed by atoms with van der Waals surface area (Å²) in [5.41, 5.74) is 28.4. The molecule has 91 heavy (non-hydrogen) atoms. The summed E-state index contributed by atoms with van der Waals surface area (Å²) >= 11 is 0. The van der Waals surface area contributed by atoms with Gasteiger partial charge in [0, 0.05) is 56.0 Å². The van der Waals surface area contributed by atoms with Crippen molar-refractivity contribution < 1.29 is 4.74 Å². The standard InChI is InChI=1S/C85H69BN4O/c1-82(2,3)52-34-38-55(39-35-52)88-75-46-36-53(83(4,5)6)48-69(75)86-70-49-54(84(7,8)9)37-47-77(70)91-78-51-58(50-76(88)79(78)86)90-72-31-19-13-25-62(72)64-45-44-63-61-24-12-18-30-71(61)89(80(63)81(64)90)57-42-40-56(41-43-57)87-73-32-20-16-28-67(73)85(68-29-17-21-33-74(68)87)65-26-14-10-22-59(65)60-23-11-15-27-66(60)85/h10-51H,1-9H3. The first-order valence-corrected chi connectivity index (χ1v) is 32.4. The number of hydrogen-bond acceptors (Lipinski definition) is 3. The molecule has 2 aromatic heterocycles. The minimum Gasteiger partial charge on any atom is -0.458 e. The topological polar surface area (TPSA) is 25.6 Å². The van der Waals surface area contributed by atoms with Crippen molar-refractivity contribution in [3.8, 4) is 34.0 Å². The van der Waals surface area contributed by atoms with Gasteiger partial charge in [-0.25, -0.2) is 0 Å². The highest BCUT2D eigenvalue weighted by molar-refractivity contribution is 6.99. The van der Waals surface area contributed by atoms with Gasteiger partial charge in [-0.3, -0.25) is 0 Å². The maximum Gasteiger partial charge on any atom is 0.256 e. The number of para-hydroxylation sites is 4. The Morgan fingerprint density at radius 1 is 0.319 bits per heavy atom. The van der Waals surface area contributed by atoms with Crippen molar-refractivity contribution in [2.75, 3.05) is 9.80 Å². The Morgan fingerprint density at radius 3 is 1.32 bits per heavy atom. The quantitative estimate of drug-likeness (QED) is 0.164. The number of aromatic nitrogens is 2. The van der Waals surface area contributed by atoms with E-state index >= 15 is 0 Å². The van der Waals surface area contributed by atoms with Crippen LogP contribution in [0.3, 0.4) is 0 Å². The molecule has 18 rings (SSSR count). The largest absolute Gasteiger partial charge is 0.458 e. The molecule has 5 nitrogen and oxygen atoms in total. The van der Waals surface area contributed by atoms with Crippen LogP contribution in [0.1, 0.15) is 101 Å². The summed E-state index contributed by atoms with van der Waals surface area (Å²) in [5, 5.41) is 4.78. The van der Waals surface area contributed by atoms with Crippen LogP contribution in [-0.4, -0.2) is 15.8 Å². The fraction of sp³-hybridized carbons (Fsp3) is 0.153. The molecule has 3 aliphatic heterocycles. The molecule has 6 heteroatoms. The van der Waals surface area contributed by atoms with Crippen LogP contribution >= 0.6 is 0 Å². The Kier molecular flexibility index (Phi) is 11.1. The van der Waals surface area contributed by atoms with Crippen molar-refractivity contribution in [2.45, 2.75) is 84.0 Å². The molecular weight excluding hydrogens is 1100 g/mol. The lowest BCUT2D eigenvalue weighted by molar-refractivity contribution is 0.486. The smallest absolute Gasteiger partial charge is 0.256 e. The lowest BCUT2D eigenvalue weighted by Crippen LogP contribution is -2.60. The fourth-order valence-corrected chi connectivity index (χ4v) is 16.3. The maximum atomic E-state index is 7.46. The molecule has 0 N–H and O–H groups in total. The monoisotopic (exact) mass is 1170 g/mol. The third-order valence-electron chi connectivity index (χ3n) is 20.6. The molecule has 12 aromatic carbocycles. The number of hydrogen-bond donors (Lipinski definition) is 0. The molecular formula is C85H69BN4O. The Balaban J connectivity index is 0.866. The van der Waals surface area contributed by atoms with Crippen molar-refractivity contribution >= 4 is 101 Å². The van der Waals surface area contributed by atoms with Gasteiger partial charge in [0.05, 0.1) is 44.5 Å². The highest BCUT2D eigenvalue weighted by Gasteiger charge is 2.52. The van der Waals surface area contributed by atoms with Crippen LogP contribution in [0, 0.1) is 0 Å². The highest BCUT2D eigenvalue weighted by atomic mass is 16.5. The minimum atomic E-state index is -0.482. The summed E-state index contributed by atoms with van der Waals surface area (Å²) in [5.74, 6) is 1.78. The minimum absolute atomic E-state index is 0.00862. The zero-order chi connectivity index (χ0) is 61.6. The second-order valence-electron chi connectivity index (χ2n) is 28.9. The van der Waals surface area contributed by atoms with Crippen molar-refractivity contribution in [1.82, 2.24) is 9.13 Å². The Morgan fingerprint density at radius 2 is 0.758 bits per heavy atom. The third kappa shape index (κ3) is 7.54. The zero-order valence-electron chi connectivity index (χ0n) is 53.0. The normalized spacial score (nSPS) is 14.3. The predicted octanol–water partition coefficient (Wildman–Crippen LogP) is 20.3. The molecule has 0 bridgehead atoms. The van der Waals surface area contributed by atoms with Crippen LogP contribution in [0.4, 0.5) is 34.1 Å². The van der Waals surface area contributed by atoms with E-state index in [1.807, 2.05) is 0 Å². The number of ether oxygens (including phenoxy) is 1. The van der Waals surface area contributed by atoms with E-state index in [4.69, 9.17) is 4.74 Å². The van der Waals surface area contributed by atoms with Gasteiger partial charge >= 0.3 is 0 Å². The van der Waals surface area contributed by atoms with E-state index < -0.39 is 5.41 Å². The van der Waals surface area contributed by atoms with Crippen molar-refractivity contribution in [3.63, 3.8) is 0 Å². The van der Waals surface area contributed by atoms with Gasteiger partial charge in [-0.1, -0.05) is 232 Å². The van der Waals surface area contributed by atoms with E-state index in [9.17, 15) is 0 Å². The molecule has 0 radical (unpaired) electrons. The third-order valence-corrected chi connectivity index (χ3v) is 20.6. The second-order valence-corrected chi connectivity index (χ2v) is 28.9. The molecule has 0 saturated carbocycles. The molecule has 1 aliphatic carbocycles. The van der Waals surface area contributed by atoms with E-state index in [0.29, 0.717) is 0 Å². The van der Waals surface area contributed by atoms with Crippen molar-refractivity contribution in [2.24, 2.45) is 0 Å². The summed E-state index contributed by atoms with van der Waals surface area (Å²) in [6.45, 7) is 20.7. The van der Waals surface area contributed by atoms with E-state index in [2.05, 4.69) is 336 Å². The molecule has 4 aliphatic rings. The van der Waals surface area contributed by atoms with Gasteiger partial charge in [-0.2, -0.15) is 0 Å². The number of fused-ring (bicyclic) bond motifs is 20. The van der Waals surface area contributed by atoms with E-state index in [-0.39, 0.29) is 23.0 Å². The zero-order valence-corrected chi connectivity index (χ0v) is 53.0. The molecule has 438 valence electrons. The number of anilines is 6. The SMILES string of the molecule is CC(C)(C)c1ccc(N2c3ccc(C(C)(C)C)cc3B3c4cc(C(C)(C)C)ccc4Oc4cc(-n5c6ccccc6c6ccc7c8ccccc8n(-c8ccc(N9c%10ccccc%10C%10(c%11ccccc%11-c%11ccccc%11%10)c%10ccccc%109)cc8)c7c65)cc2c43)cc1. The lowest BCUT2D eigenvalue weighted by Gasteiger charge is -2.45. The van der Waals surface area contributed by atoms with Crippen LogP contribution in [0.25, 0.3) is 66.1 Å². The summed E-state index contributed by atoms with van der Waals surface area (Å²) in [4.78, 5) is 5.02. The lowest BCUT2D eigenvalue weighted by atomic mass is 9.33. The molecule has 5 heterocycles. The van der Waals surface area contributed by atoms with Crippen LogP contribution in [0.15, 0.2) is 255 Å². The van der Waals surface area contributed by atoms with Gasteiger partial charge in [0.15, 0.2) is 0 Å². The Hall–Kier alpha value is -10.3. The second kappa shape index (κ2) is 18.9. The Bertz CT molecular complexity index is 5320.